The molecule has 1 amide bonds. The summed E-state index contributed by atoms with van der Waals surface area (Å²) in [5.41, 5.74) is 0.224. The smallest absolute Gasteiger partial charge is 0.240 e. The minimum atomic E-state index is -3.61. The van der Waals surface area contributed by atoms with E-state index >= 15 is 0 Å². The molecule has 0 bridgehead atoms. The Morgan fingerprint density at radius 3 is 2.35 bits per heavy atom. The standard InChI is InChI=1S/C13H19ClN2O3S/c1-9(17)16-12-6-5-10(7-11(12)14)20(18,19)15-8-13(2,3)4/h5-7,15H,8H2,1-4H3,(H,16,17). The van der Waals surface area contributed by atoms with Crippen molar-refractivity contribution < 1.29 is 13.2 Å². The molecule has 20 heavy (non-hydrogen) atoms. The van der Waals surface area contributed by atoms with E-state index in [1.54, 1.807) is 0 Å². The molecule has 7 heteroatoms. The largest absolute Gasteiger partial charge is 0.325 e. The van der Waals surface area contributed by atoms with Crippen molar-refractivity contribution in [3.63, 3.8) is 0 Å². The SMILES string of the molecule is CC(=O)Nc1ccc(S(=O)(=O)NCC(C)(C)C)cc1Cl. The van der Waals surface area contributed by atoms with Crippen LogP contribution in [0.1, 0.15) is 27.7 Å². The summed E-state index contributed by atoms with van der Waals surface area (Å²) in [4.78, 5) is 11.0. The maximum atomic E-state index is 12.1. The van der Waals surface area contributed by atoms with Crippen molar-refractivity contribution in [1.29, 1.82) is 0 Å². The van der Waals surface area contributed by atoms with Gasteiger partial charge in [0.05, 0.1) is 15.6 Å². The Bertz CT molecular complexity index is 607. The maximum Gasteiger partial charge on any atom is 0.240 e. The van der Waals surface area contributed by atoms with Crippen molar-refractivity contribution in [2.24, 2.45) is 5.41 Å². The van der Waals surface area contributed by atoms with Gasteiger partial charge in [0.25, 0.3) is 0 Å². The summed E-state index contributed by atoms with van der Waals surface area (Å²) in [5, 5.41) is 2.70. The number of carbonyl (C=O) groups excluding carboxylic acids is 1. The zero-order valence-corrected chi connectivity index (χ0v) is 13.5. The fourth-order valence-corrected chi connectivity index (χ4v) is 2.95. The Morgan fingerprint density at radius 2 is 1.90 bits per heavy atom. The minimum absolute atomic E-state index is 0.0702. The van der Waals surface area contributed by atoms with Crippen LogP contribution in [0.15, 0.2) is 23.1 Å². The molecule has 2 N–H and O–H groups in total. The lowest BCUT2D eigenvalue weighted by Crippen LogP contribution is -2.32. The highest BCUT2D eigenvalue weighted by Gasteiger charge is 2.19. The van der Waals surface area contributed by atoms with E-state index in [1.807, 2.05) is 20.8 Å². The number of sulfonamides is 1. The Morgan fingerprint density at radius 1 is 1.30 bits per heavy atom. The third-order valence-corrected chi connectivity index (χ3v) is 4.07. The molecule has 0 saturated heterocycles. The molecule has 0 fully saturated rings. The Balaban J connectivity index is 2.97. The second-order valence-corrected chi connectivity index (χ2v) is 7.88. The summed E-state index contributed by atoms with van der Waals surface area (Å²) in [6, 6.07) is 4.19. The van der Waals surface area contributed by atoms with Crippen molar-refractivity contribution in [3.8, 4) is 0 Å². The summed E-state index contributed by atoms with van der Waals surface area (Å²) in [7, 11) is -3.61. The van der Waals surface area contributed by atoms with Gasteiger partial charge in [-0.2, -0.15) is 0 Å². The summed E-state index contributed by atoms with van der Waals surface area (Å²) < 4.78 is 26.7. The van der Waals surface area contributed by atoms with E-state index in [-0.39, 0.29) is 21.2 Å². The van der Waals surface area contributed by atoms with Gasteiger partial charge in [-0.3, -0.25) is 4.79 Å². The number of nitrogens with one attached hydrogen (secondary N) is 2. The molecule has 0 saturated carbocycles. The van der Waals surface area contributed by atoms with Gasteiger partial charge >= 0.3 is 0 Å². The lowest BCUT2D eigenvalue weighted by atomic mass is 9.98. The first-order valence-corrected chi connectivity index (χ1v) is 7.94. The zero-order chi connectivity index (χ0) is 15.6. The average Bonchev–Trinajstić information content (AvgIpc) is 2.28. The topological polar surface area (TPSA) is 75.3 Å². The van der Waals surface area contributed by atoms with Crippen molar-refractivity contribution in [3.05, 3.63) is 23.2 Å². The summed E-state index contributed by atoms with van der Waals surface area (Å²) >= 11 is 5.96. The van der Waals surface area contributed by atoms with Gasteiger partial charge in [0.15, 0.2) is 0 Å². The van der Waals surface area contributed by atoms with Crippen LogP contribution in [0.3, 0.4) is 0 Å². The predicted molar refractivity (Wildman–Crippen MR) is 80.4 cm³/mol. The summed E-state index contributed by atoms with van der Waals surface area (Å²) in [5.74, 6) is -0.270. The number of benzene rings is 1. The number of anilines is 1. The van der Waals surface area contributed by atoms with E-state index in [0.29, 0.717) is 12.2 Å². The van der Waals surface area contributed by atoms with Crippen LogP contribution >= 0.6 is 11.6 Å². The molecule has 0 atom stereocenters. The molecular formula is C13H19ClN2O3S. The van der Waals surface area contributed by atoms with Gasteiger partial charge in [-0.05, 0) is 23.6 Å². The van der Waals surface area contributed by atoms with Gasteiger partial charge in [-0.15, -0.1) is 0 Å². The predicted octanol–water partition coefficient (Wildman–Crippen LogP) is 2.62. The van der Waals surface area contributed by atoms with E-state index in [4.69, 9.17) is 11.6 Å². The summed E-state index contributed by atoms with van der Waals surface area (Å²) in [6.07, 6.45) is 0. The normalized spacial score (nSPS) is 12.2. The Hall–Kier alpha value is -1.11. The highest BCUT2D eigenvalue weighted by atomic mass is 35.5. The van der Waals surface area contributed by atoms with Crippen LogP contribution in [-0.2, 0) is 14.8 Å². The van der Waals surface area contributed by atoms with Crippen molar-refractivity contribution in [2.75, 3.05) is 11.9 Å². The molecule has 0 unspecified atom stereocenters. The van der Waals surface area contributed by atoms with Crippen LogP contribution in [0.5, 0.6) is 0 Å². The van der Waals surface area contributed by atoms with Crippen molar-refractivity contribution in [1.82, 2.24) is 4.72 Å². The molecule has 0 radical (unpaired) electrons. The quantitative estimate of drug-likeness (QED) is 0.896. The van der Waals surface area contributed by atoms with E-state index in [0.717, 1.165) is 0 Å². The molecular weight excluding hydrogens is 300 g/mol. The highest BCUT2D eigenvalue weighted by Crippen LogP contribution is 2.25. The lowest BCUT2D eigenvalue weighted by Gasteiger charge is -2.19. The van der Waals surface area contributed by atoms with Gasteiger partial charge in [-0.1, -0.05) is 32.4 Å². The fraction of sp³-hybridized carbons (Fsp3) is 0.462. The summed E-state index contributed by atoms with van der Waals surface area (Å²) in [6.45, 7) is 7.47. The number of rotatable bonds is 4. The molecule has 1 rings (SSSR count). The number of hydrogen-bond acceptors (Lipinski definition) is 3. The Labute approximate surface area is 124 Å². The van der Waals surface area contributed by atoms with Crippen molar-refractivity contribution in [2.45, 2.75) is 32.6 Å². The molecule has 0 aromatic heterocycles. The van der Waals surface area contributed by atoms with Gasteiger partial charge in [0.1, 0.15) is 0 Å². The molecule has 1 aromatic rings. The van der Waals surface area contributed by atoms with Gasteiger partial charge in [-0.25, -0.2) is 13.1 Å². The molecule has 0 spiro atoms. The highest BCUT2D eigenvalue weighted by molar-refractivity contribution is 7.89. The molecule has 0 heterocycles. The monoisotopic (exact) mass is 318 g/mol. The minimum Gasteiger partial charge on any atom is -0.325 e. The molecule has 112 valence electrons. The zero-order valence-electron chi connectivity index (χ0n) is 12.0. The molecule has 1 aromatic carbocycles. The van der Waals surface area contributed by atoms with E-state index in [2.05, 4.69) is 10.0 Å². The van der Waals surface area contributed by atoms with Gasteiger partial charge in [0, 0.05) is 13.5 Å². The van der Waals surface area contributed by atoms with Crippen LogP contribution in [-0.4, -0.2) is 20.9 Å². The number of amides is 1. The number of hydrogen-bond donors (Lipinski definition) is 2. The first-order chi connectivity index (χ1) is 9.01. The second kappa shape index (κ2) is 6.11. The third kappa shape index (κ3) is 5.11. The first kappa shape index (κ1) is 16.9. The lowest BCUT2D eigenvalue weighted by molar-refractivity contribution is -0.114. The fourth-order valence-electron chi connectivity index (χ4n) is 1.35. The second-order valence-electron chi connectivity index (χ2n) is 5.71. The number of carbonyl (C=O) groups is 1. The first-order valence-electron chi connectivity index (χ1n) is 6.08. The van der Waals surface area contributed by atoms with Crippen LogP contribution in [0.25, 0.3) is 0 Å². The van der Waals surface area contributed by atoms with Gasteiger partial charge < -0.3 is 5.32 Å². The maximum absolute atomic E-state index is 12.1. The molecule has 0 aliphatic carbocycles. The number of halogens is 1. The van der Waals surface area contributed by atoms with E-state index in [9.17, 15) is 13.2 Å². The van der Waals surface area contributed by atoms with Crippen LogP contribution in [0.2, 0.25) is 5.02 Å². The van der Waals surface area contributed by atoms with Crippen molar-refractivity contribution >= 4 is 33.2 Å². The van der Waals surface area contributed by atoms with E-state index < -0.39 is 10.0 Å². The molecule has 0 aliphatic heterocycles. The Kier molecular flexibility index (Phi) is 5.18. The van der Waals surface area contributed by atoms with Gasteiger partial charge in [0.2, 0.25) is 15.9 Å². The van der Waals surface area contributed by atoms with Crippen LogP contribution in [0, 0.1) is 5.41 Å². The molecule has 5 nitrogen and oxygen atoms in total. The van der Waals surface area contributed by atoms with Crippen LogP contribution in [0.4, 0.5) is 5.69 Å². The van der Waals surface area contributed by atoms with E-state index in [1.165, 1.54) is 25.1 Å². The third-order valence-electron chi connectivity index (χ3n) is 2.35. The average molecular weight is 319 g/mol. The van der Waals surface area contributed by atoms with Crippen LogP contribution < -0.4 is 10.0 Å². The molecule has 0 aliphatic rings.